The highest BCUT2D eigenvalue weighted by Gasteiger charge is 2.42. The highest BCUT2D eigenvalue weighted by molar-refractivity contribution is 9.10. The second-order valence-electron chi connectivity index (χ2n) is 4.39. The van der Waals surface area contributed by atoms with E-state index in [1.165, 1.54) is 11.2 Å². The fraction of sp³-hybridized carbons (Fsp3) is 0.400. The smallest absolute Gasteiger partial charge is 0.267 e. The van der Waals surface area contributed by atoms with Crippen molar-refractivity contribution >= 4 is 33.6 Å². The molecule has 7 nitrogen and oxygen atoms in total. The summed E-state index contributed by atoms with van der Waals surface area (Å²) >= 11 is 3.12. The van der Waals surface area contributed by atoms with Crippen LogP contribution >= 0.6 is 15.9 Å². The van der Waals surface area contributed by atoms with Gasteiger partial charge in [0.2, 0.25) is 5.91 Å². The van der Waals surface area contributed by atoms with Gasteiger partial charge in [0.25, 0.3) is 11.5 Å². The normalized spacial score (nSPS) is 18.7. The van der Waals surface area contributed by atoms with Crippen molar-refractivity contribution in [3.8, 4) is 0 Å². The number of carbonyl (C=O) groups is 2. The van der Waals surface area contributed by atoms with Gasteiger partial charge in [-0.1, -0.05) is 0 Å². The zero-order valence-corrected chi connectivity index (χ0v) is 11.4. The van der Waals surface area contributed by atoms with Gasteiger partial charge in [-0.15, -0.1) is 0 Å². The Hall–Kier alpha value is -1.70. The molecule has 2 heterocycles. The third-order valence-corrected chi connectivity index (χ3v) is 3.53. The summed E-state index contributed by atoms with van der Waals surface area (Å²) in [4.78, 5) is 42.7. The van der Waals surface area contributed by atoms with E-state index in [9.17, 15) is 14.4 Å². The van der Waals surface area contributed by atoms with E-state index in [0.29, 0.717) is 0 Å². The van der Waals surface area contributed by atoms with E-state index in [1.807, 2.05) is 0 Å². The third kappa shape index (κ3) is 1.92. The SMILES string of the molecule is CC1(C)C(=O)NC(=O)CN1c1nc[nH]c(=O)c1Br. The Labute approximate surface area is 111 Å². The lowest BCUT2D eigenvalue weighted by Crippen LogP contribution is -2.64. The van der Waals surface area contributed by atoms with E-state index in [2.05, 4.69) is 31.2 Å². The number of aromatic amines is 1. The van der Waals surface area contributed by atoms with Crippen molar-refractivity contribution in [2.45, 2.75) is 19.4 Å². The summed E-state index contributed by atoms with van der Waals surface area (Å²) in [6.07, 6.45) is 1.23. The number of nitrogens with one attached hydrogen (secondary N) is 2. The molecule has 2 N–H and O–H groups in total. The fourth-order valence-corrected chi connectivity index (χ4v) is 2.12. The largest absolute Gasteiger partial charge is 0.332 e. The summed E-state index contributed by atoms with van der Waals surface area (Å²) < 4.78 is 0.195. The number of anilines is 1. The molecule has 18 heavy (non-hydrogen) atoms. The molecule has 0 spiro atoms. The Balaban J connectivity index is 2.54. The predicted molar refractivity (Wildman–Crippen MR) is 67.1 cm³/mol. The quantitative estimate of drug-likeness (QED) is 0.698. The molecule has 0 unspecified atom stereocenters. The first-order valence-corrected chi connectivity index (χ1v) is 5.98. The van der Waals surface area contributed by atoms with Crippen LogP contribution in [0, 0.1) is 0 Å². The number of aromatic nitrogens is 2. The lowest BCUT2D eigenvalue weighted by molar-refractivity contribution is -0.135. The van der Waals surface area contributed by atoms with Gasteiger partial charge in [0.15, 0.2) is 5.82 Å². The molecule has 0 aromatic carbocycles. The summed E-state index contributed by atoms with van der Waals surface area (Å²) in [5.41, 5.74) is -1.33. The molecule has 1 aromatic rings. The second-order valence-corrected chi connectivity index (χ2v) is 5.18. The molecule has 8 heteroatoms. The predicted octanol–water partition coefficient (Wildman–Crippen LogP) is -0.226. The topological polar surface area (TPSA) is 95.2 Å². The van der Waals surface area contributed by atoms with Gasteiger partial charge in [-0.05, 0) is 29.8 Å². The molecular weight excluding hydrogens is 304 g/mol. The van der Waals surface area contributed by atoms with E-state index in [0.717, 1.165) is 0 Å². The molecule has 0 bridgehead atoms. The summed E-state index contributed by atoms with van der Waals surface area (Å²) in [5, 5.41) is 2.25. The van der Waals surface area contributed by atoms with Crippen molar-refractivity contribution in [1.82, 2.24) is 15.3 Å². The molecule has 0 saturated carbocycles. The molecule has 2 rings (SSSR count). The van der Waals surface area contributed by atoms with Crippen LogP contribution in [0.5, 0.6) is 0 Å². The van der Waals surface area contributed by atoms with Crippen molar-refractivity contribution in [3.05, 3.63) is 21.2 Å². The van der Waals surface area contributed by atoms with Crippen LogP contribution in [0.3, 0.4) is 0 Å². The van der Waals surface area contributed by atoms with E-state index >= 15 is 0 Å². The van der Waals surface area contributed by atoms with Gasteiger partial charge in [0.05, 0.1) is 12.9 Å². The molecule has 2 amide bonds. The maximum Gasteiger partial charge on any atom is 0.267 e. The summed E-state index contributed by atoms with van der Waals surface area (Å²) in [7, 11) is 0. The van der Waals surface area contributed by atoms with E-state index < -0.39 is 17.4 Å². The minimum absolute atomic E-state index is 0.0339. The molecular formula is C10H11BrN4O3. The van der Waals surface area contributed by atoms with Crippen molar-refractivity contribution < 1.29 is 9.59 Å². The van der Waals surface area contributed by atoms with Crippen LogP contribution < -0.4 is 15.8 Å². The highest BCUT2D eigenvalue weighted by atomic mass is 79.9. The zero-order chi connectivity index (χ0) is 13.5. The van der Waals surface area contributed by atoms with E-state index in [1.54, 1.807) is 13.8 Å². The molecule has 1 aromatic heterocycles. The van der Waals surface area contributed by atoms with Gasteiger partial charge in [0.1, 0.15) is 10.0 Å². The number of carbonyl (C=O) groups excluding carboxylic acids is 2. The molecule has 96 valence electrons. The van der Waals surface area contributed by atoms with Crippen molar-refractivity contribution in [2.75, 3.05) is 11.4 Å². The van der Waals surface area contributed by atoms with Crippen LogP contribution in [-0.4, -0.2) is 33.9 Å². The number of nitrogens with zero attached hydrogens (tertiary/aromatic N) is 2. The van der Waals surface area contributed by atoms with Gasteiger partial charge in [-0.2, -0.15) is 0 Å². The molecule has 1 aliphatic heterocycles. The first-order valence-electron chi connectivity index (χ1n) is 5.19. The van der Waals surface area contributed by atoms with Crippen molar-refractivity contribution in [2.24, 2.45) is 0 Å². The second kappa shape index (κ2) is 4.20. The van der Waals surface area contributed by atoms with Gasteiger partial charge in [0, 0.05) is 0 Å². The first kappa shape index (κ1) is 12.7. The van der Waals surface area contributed by atoms with Crippen LogP contribution in [0.4, 0.5) is 5.82 Å². The molecule has 1 saturated heterocycles. The number of piperazine rings is 1. The average Bonchev–Trinajstić information content (AvgIpc) is 2.28. The van der Waals surface area contributed by atoms with Crippen LogP contribution in [0.15, 0.2) is 15.6 Å². The maximum absolute atomic E-state index is 11.8. The lowest BCUT2D eigenvalue weighted by atomic mass is 9.99. The highest BCUT2D eigenvalue weighted by Crippen LogP contribution is 2.28. The molecule has 0 radical (unpaired) electrons. The monoisotopic (exact) mass is 314 g/mol. The van der Waals surface area contributed by atoms with Crippen LogP contribution in [-0.2, 0) is 9.59 Å². The fourth-order valence-electron chi connectivity index (χ4n) is 1.68. The summed E-state index contributed by atoms with van der Waals surface area (Å²) in [5.74, 6) is -0.576. The van der Waals surface area contributed by atoms with Crippen LogP contribution in [0.2, 0.25) is 0 Å². The third-order valence-electron chi connectivity index (χ3n) is 2.82. The van der Waals surface area contributed by atoms with E-state index in [-0.39, 0.29) is 22.4 Å². The molecule has 0 aliphatic carbocycles. The Bertz CT molecular complexity index is 581. The number of hydrogen-bond acceptors (Lipinski definition) is 5. The van der Waals surface area contributed by atoms with Crippen LogP contribution in [0.25, 0.3) is 0 Å². The van der Waals surface area contributed by atoms with Crippen molar-refractivity contribution in [1.29, 1.82) is 0 Å². The zero-order valence-electron chi connectivity index (χ0n) is 9.78. The Morgan fingerprint density at radius 2 is 2.06 bits per heavy atom. The molecule has 1 fully saturated rings. The number of imide groups is 1. The number of halogens is 1. The molecule has 1 aliphatic rings. The van der Waals surface area contributed by atoms with E-state index in [4.69, 9.17) is 0 Å². The summed E-state index contributed by atoms with van der Waals surface area (Å²) in [6.45, 7) is 3.28. The number of hydrogen-bond donors (Lipinski definition) is 2. The van der Waals surface area contributed by atoms with Gasteiger partial charge in [-0.25, -0.2) is 4.98 Å². The number of amides is 2. The average molecular weight is 315 g/mol. The Morgan fingerprint density at radius 1 is 1.39 bits per heavy atom. The first-order chi connectivity index (χ1) is 8.34. The van der Waals surface area contributed by atoms with Gasteiger partial charge in [-0.3, -0.25) is 19.7 Å². The summed E-state index contributed by atoms with van der Waals surface area (Å²) in [6, 6.07) is 0. The number of H-pyrrole nitrogens is 1. The maximum atomic E-state index is 11.8. The van der Waals surface area contributed by atoms with Crippen LogP contribution in [0.1, 0.15) is 13.8 Å². The Morgan fingerprint density at radius 3 is 2.72 bits per heavy atom. The lowest BCUT2D eigenvalue weighted by Gasteiger charge is -2.41. The minimum Gasteiger partial charge on any atom is -0.332 e. The van der Waals surface area contributed by atoms with Gasteiger partial charge >= 0.3 is 0 Å². The van der Waals surface area contributed by atoms with Gasteiger partial charge < -0.3 is 9.88 Å². The standard InChI is InChI=1S/C10H11BrN4O3/c1-10(2)9(18)14-5(16)3-15(10)7-6(11)8(17)13-4-12-7/h4H,3H2,1-2H3,(H,12,13,17)(H,14,16,18). The van der Waals surface area contributed by atoms with Crippen molar-refractivity contribution in [3.63, 3.8) is 0 Å². The minimum atomic E-state index is -0.961. The Kier molecular flexibility index (Phi) is 2.97. The number of rotatable bonds is 1. The molecule has 0 atom stereocenters.